The van der Waals surface area contributed by atoms with Gasteiger partial charge in [-0.15, -0.1) is 0 Å². The zero-order chi connectivity index (χ0) is 15.7. The van der Waals surface area contributed by atoms with Crippen LogP contribution >= 0.6 is 0 Å². The van der Waals surface area contributed by atoms with E-state index in [9.17, 15) is 9.90 Å². The van der Waals surface area contributed by atoms with E-state index in [1.165, 1.54) is 0 Å². The lowest BCUT2D eigenvalue weighted by molar-refractivity contribution is 0.0526. The zero-order valence-corrected chi connectivity index (χ0v) is 12.4. The van der Waals surface area contributed by atoms with Crippen LogP contribution in [0.5, 0.6) is 0 Å². The lowest BCUT2D eigenvalue weighted by atomic mass is 9.99. The van der Waals surface area contributed by atoms with Crippen LogP contribution in [0.2, 0.25) is 0 Å². The Hall–Kier alpha value is -2.67. The van der Waals surface area contributed by atoms with Crippen LogP contribution in [0.15, 0.2) is 36.8 Å². The molecule has 0 aliphatic heterocycles. The number of carbonyl (C=O) groups excluding carboxylic acids is 1. The number of hydrogen-bond acceptors (Lipinski definition) is 4. The number of rotatable bonds is 4. The smallest absolute Gasteiger partial charge is 0.253 e. The number of para-hydroxylation sites is 1. The third kappa shape index (κ3) is 2.58. The molecule has 0 aliphatic rings. The quantitative estimate of drug-likeness (QED) is 0.668. The molecule has 1 unspecified atom stereocenters. The Morgan fingerprint density at radius 1 is 1.45 bits per heavy atom. The van der Waals surface area contributed by atoms with Crippen LogP contribution < -0.4 is 5.32 Å². The van der Waals surface area contributed by atoms with Gasteiger partial charge in [-0.2, -0.15) is 10.2 Å². The number of aromatic nitrogens is 4. The molecule has 0 spiro atoms. The van der Waals surface area contributed by atoms with E-state index in [-0.39, 0.29) is 12.5 Å². The molecule has 22 heavy (non-hydrogen) atoms. The summed E-state index contributed by atoms with van der Waals surface area (Å²) in [6.07, 6.45) is 4.97. The number of aryl methyl sites for hydroxylation is 1. The van der Waals surface area contributed by atoms with E-state index in [4.69, 9.17) is 0 Å². The monoisotopic (exact) mass is 299 g/mol. The predicted octanol–water partition coefficient (Wildman–Crippen LogP) is 0.934. The number of nitrogens with zero attached hydrogens (tertiary/aromatic N) is 3. The number of amides is 1. The molecule has 1 amide bonds. The third-order valence-electron chi connectivity index (χ3n) is 3.64. The van der Waals surface area contributed by atoms with Crippen molar-refractivity contribution in [3.63, 3.8) is 0 Å². The first-order chi connectivity index (χ1) is 10.5. The third-order valence-corrected chi connectivity index (χ3v) is 3.64. The number of carbonyl (C=O) groups is 1. The van der Waals surface area contributed by atoms with E-state index in [0.29, 0.717) is 16.6 Å². The minimum atomic E-state index is -1.19. The molecule has 0 saturated heterocycles. The van der Waals surface area contributed by atoms with Gasteiger partial charge >= 0.3 is 0 Å². The molecule has 0 bridgehead atoms. The molecule has 1 atom stereocenters. The standard InChI is InChI=1S/C15H17N5O2/c1-15(22,11-7-18-20(2)8-11)9-16-14(21)12-5-3-4-10-6-17-19-13(10)12/h3-8,22H,9H2,1-2H3,(H,16,21)(H,17,19). The first-order valence-electron chi connectivity index (χ1n) is 6.89. The lowest BCUT2D eigenvalue weighted by Gasteiger charge is -2.22. The normalized spacial score (nSPS) is 14.0. The van der Waals surface area contributed by atoms with E-state index < -0.39 is 5.60 Å². The highest BCUT2D eigenvalue weighted by Crippen LogP contribution is 2.19. The average Bonchev–Trinajstić information content (AvgIpc) is 3.13. The van der Waals surface area contributed by atoms with Gasteiger partial charge in [0.05, 0.1) is 30.0 Å². The summed E-state index contributed by atoms with van der Waals surface area (Å²) in [6, 6.07) is 5.39. The molecule has 0 radical (unpaired) electrons. The Balaban J connectivity index is 1.76. The summed E-state index contributed by atoms with van der Waals surface area (Å²) in [7, 11) is 1.77. The molecule has 3 N–H and O–H groups in total. The van der Waals surface area contributed by atoms with Crippen molar-refractivity contribution in [3.05, 3.63) is 47.9 Å². The molecule has 1 aromatic carbocycles. The van der Waals surface area contributed by atoms with Gasteiger partial charge in [0.25, 0.3) is 5.91 Å². The lowest BCUT2D eigenvalue weighted by Crippen LogP contribution is -2.38. The maximum Gasteiger partial charge on any atom is 0.253 e. The fourth-order valence-electron chi connectivity index (χ4n) is 2.31. The van der Waals surface area contributed by atoms with Gasteiger partial charge in [-0.05, 0) is 13.0 Å². The summed E-state index contributed by atoms with van der Waals surface area (Å²) in [6.45, 7) is 1.73. The van der Waals surface area contributed by atoms with E-state index >= 15 is 0 Å². The predicted molar refractivity (Wildman–Crippen MR) is 81.2 cm³/mol. The largest absolute Gasteiger partial charge is 0.383 e. The molecule has 0 saturated carbocycles. The summed E-state index contributed by atoms with van der Waals surface area (Å²) in [5, 5.41) is 24.9. The van der Waals surface area contributed by atoms with Crippen LogP contribution in [0.3, 0.4) is 0 Å². The van der Waals surface area contributed by atoms with Crippen LogP contribution in [0.4, 0.5) is 0 Å². The molecule has 3 rings (SSSR count). The van der Waals surface area contributed by atoms with Gasteiger partial charge in [-0.1, -0.05) is 12.1 Å². The minimum absolute atomic E-state index is 0.0854. The van der Waals surface area contributed by atoms with Gasteiger partial charge in [0.15, 0.2) is 0 Å². The molecular formula is C15H17N5O2. The van der Waals surface area contributed by atoms with Crippen LogP contribution in [-0.4, -0.2) is 37.5 Å². The van der Waals surface area contributed by atoms with Crippen molar-refractivity contribution in [2.75, 3.05) is 6.54 Å². The van der Waals surface area contributed by atoms with Gasteiger partial charge < -0.3 is 10.4 Å². The van der Waals surface area contributed by atoms with Crippen molar-refractivity contribution in [1.29, 1.82) is 0 Å². The molecule has 3 aromatic rings. The Labute approximate surface area is 127 Å². The van der Waals surface area contributed by atoms with Crippen molar-refractivity contribution >= 4 is 16.8 Å². The molecule has 114 valence electrons. The number of H-pyrrole nitrogens is 1. The van der Waals surface area contributed by atoms with E-state index in [0.717, 1.165) is 5.39 Å². The van der Waals surface area contributed by atoms with Crippen LogP contribution in [0.1, 0.15) is 22.8 Å². The fraction of sp³-hybridized carbons (Fsp3) is 0.267. The maximum atomic E-state index is 12.3. The summed E-state index contributed by atoms with van der Waals surface area (Å²) >= 11 is 0. The van der Waals surface area contributed by atoms with Gasteiger partial charge in [0.1, 0.15) is 5.60 Å². The summed E-state index contributed by atoms with van der Waals surface area (Å²) in [4.78, 5) is 12.3. The highest BCUT2D eigenvalue weighted by atomic mass is 16.3. The maximum absolute atomic E-state index is 12.3. The molecule has 2 aromatic heterocycles. The number of aliphatic hydroxyl groups is 1. The van der Waals surface area contributed by atoms with Gasteiger partial charge in [0, 0.05) is 24.2 Å². The minimum Gasteiger partial charge on any atom is -0.383 e. The average molecular weight is 299 g/mol. The molecule has 2 heterocycles. The second kappa shape index (κ2) is 5.27. The number of fused-ring (bicyclic) bond motifs is 1. The Morgan fingerprint density at radius 2 is 2.27 bits per heavy atom. The van der Waals surface area contributed by atoms with E-state index in [1.54, 1.807) is 49.4 Å². The summed E-state index contributed by atoms with van der Waals surface area (Å²) in [5.74, 6) is -0.265. The highest BCUT2D eigenvalue weighted by molar-refractivity contribution is 6.05. The van der Waals surface area contributed by atoms with Crippen molar-refractivity contribution in [2.45, 2.75) is 12.5 Å². The summed E-state index contributed by atoms with van der Waals surface area (Å²) in [5.41, 5.74) is 0.638. The highest BCUT2D eigenvalue weighted by Gasteiger charge is 2.26. The van der Waals surface area contributed by atoms with Crippen LogP contribution in [-0.2, 0) is 12.6 Å². The zero-order valence-electron chi connectivity index (χ0n) is 12.4. The Bertz CT molecular complexity index is 818. The molecular weight excluding hydrogens is 282 g/mol. The first kappa shape index (κ1) is 14.3. The number of aromatic amines is 1. The molecule has 7 nitrogen and oxygen atoms in total. The fourth-order valence-corrected chi connectivity index (χ4v) is 2.31. The second-order valence-electron chi connectivity index (χ2n) is 5.50. The van der Waals surface area contributed by atoms with Crippen molar-refractivity contribution in [2.24, 2.45) is 7.05 Å². The summed E-state index contributed by atoms with van der Waals surface area (Å²) < 4.78 is 1.61. The van der Waals surface area contributed by atoms with E-state index in [2.05, 4.69) is 20.6 Å². The van der Waals surface area contributed by atoms with Gasteiger partial charge in [-0.25, -0.2) is 0 Å². The van der Waals surface area contributed by atoms with Crippen LogP contribution in [0.25, 0.3) is 10.9 Å². The number of nitrogens with one attached hydrogen (secondary N) is 2. The Morgan fingerprint density at radius 3 is 3.00 bits per heavy atom. The van der Waals surface area contributed by atoms with Gasteiger partial charge in [-0.3, -0.25) is 14.6 Å². The van der Waals surface area contributed by atoms with Crippen LogP contribution in [0, 0.1) is 0 Å². The second-order valence-corrected chi connectivity index (χ2v) is 5.50. The van der Waals surface area contributed by atoms with Crippen molar-refractivity contribution in [3.8, 4) is 0 Å². The van der Waals surface area contributed by atoms with Crippen molar-refractivity contribution < 1.29 is 9.90 Å². The molecule has 0 aliphatic carbocycles. The number of hydrogen-bond donors (Lipinski definition) is 3. The Kier molecular flexibility index (Phi) is 3.42. The SMILES string of the molecule is Cn1cc(C(C)(O)CNC(=O)c2cccc3cn[nH]c23)cn1. The number of benzene rings is 1. The van der Waals surface area contributed by atoms with E-state index in [1.807, 2.05) is 6.07 Å². The molecule has 7 heteroatoms. The first-order valence-corrected chi connectivity index (χ1v) is 6.89. The topological polar surface area (TPSA) is 95.8 Å². The van der Waals surface area contributed by atoms with Gasteiger partial charge in [0.2, 0.25) is 0 Å². The molecule has 0 fully saturated rings. The van der Waals surface area contributed by atoms with Crippen molar-refractivity contribution in [1.82, 2.24) is 25.3 Å².